The van der Waals surface area contributed by atoms with Crippen molar-refractivity contribution in [2.45, 2.75) is 33.5 Å². The van der Waals surface area contributed by atoms with Crippen LogP contribution in [-0.4, -0.2) is 14.0 Å². The van der Waals surface area contributed by atoms with Gasteiger partial charge in [-0.2, -0.15) is 5.26 Å². The van der Waals surface area contributed by atoms with Gasteiger partial charge in [0.05, 0.1) is 17.3 Å². The first kappa shape index (κ1) is 15.0. The fourth-order valence-electron chi connectivity index (χ4n) is 1.48. The van der Waals surface area contributed by atoms with E-state index in [0.717, 1.165) is 5.56 Å². The van der Waals surface area contributed by atoms with E-state index in [0.29, 0.717) is 16.8 Å². The molecule has 98 valence electrons. The molecule has 0 bridgehead atoms. The first-order valence-electron chi connectivity index (χ1n) is 6.08. The smallest absolute Gasteiger partial charge is 0.221 e. The zero-order valence-electron chi connectivity index (χ0n) is 12.0. The number of amides is 1. The fourth-order valence-corrected chi connectivity index (χ4v) is 1.99. The van der Waals surface area contributed by atoms with E-state index in [4.69, 9.17) is 5.26 Å². The Labute approximate surface area is 115 Å². The van der Waals surface area contributed by atoms with Gasteiger partial charge in [0.25, 0.3) is 0 Å². The minimum atomic E-state index is -1.50. The highest BCUT2D eigenvalue weighted by molar-refractivity contribution is 6.83. The van der Waals surface area contributed by atoms with Crippen molar-refractivity contribution in [3.8, 4) is 17.5 Å². The lowest BCUT2D eigenvalue weighted by Gasteiger charge is -2.09. The molecule has 0 aliphatic heterocycles. The van der Waals surface area contributed by atoms with Gasteiger partial charge in [0.1, 0.15) is 8.07 Å². The molecule has 3 nitrogen and oxygen atoms in total. The number of anilines is 1. The summed E-state index contributed by atoms with van der Waals surface area (Å²) < 4.78 is 0. The second-order valence-corrected chi connectivity index (χ2v) is 10.3. The van der Waals surface area contributed by atoms with E-state index in [-0.39, 0.29) is 5.91 Å². The van der Waals surface area contributed by atoms with Crippen molar-refractivity contribution < 1.29 is 4.79 Å². The van der Waals surface area contributed by atoms with Crippen molar-refractivity contribution >= 4 is 19.7 Å². The highest BCUT2D eigenvalue weighted by Crippen LogP contribution is 2.20. The van der Waals surface area contributed by atoms with Crippen LogP contribution in [0.4, 0.5) is 5.69 Å². The number of hydrogen-bond acceptors (Lipinski definition) is 2. The Morgan fingerprint density at radius 2 is 1.89 bits per heavy atom. The van der Waals surface area contributed by atoms with Crippen molar-refractivity contribution in [2.75, 3.05) is 5.32 Å². The maximum Gasteiger partial charge on any atom is 0.221 e. The third kappa shape index (κ3) is 4.61. The third-order valence-electron chi connectivity index (χ3n) is 2.37. The van der Waals surface area contributed by atoms with Crippen LogP contribution in [-0.2, 0) is 4.79 Å². The second kappa shape index (κ2) is 5.73. The van der Waals surface area contributed by atoms with Gasteiger partial charge >= 0.3 is 0 Å². The van der Waals surface area contributed by atoms with E-state index in [9.17, 15) is 4.79 Å². The van der Waals surface area contributed by atoms with E-state index in [2.05, 4.69) is 42.5 Å². The molecule has 0 saturated carbocycles. The average Bonchev–Trinajstić information content (AvgIpc) is 2.26. The molecule has 1 aromatic carbocycles. The maximum atomic E-state index is 11.2. The molecule has 0 aliphatic carbocycles. The zero-order valence-corrected chi connectivity index (χ0v) is 13.0. The van der Waals surface area contributed by atoms with Crippen LogP contribution in [0.3, 0.4) is 0 Å². The summed E-state index contributed by atoms with van der Waals surface area (Å²) in [6.07, 6.45) is 0. The number of benzene rings is 1. The fraction of sp³-hybridized carbons (Fsp3) is 0.333. The number of nitriles is 1. The van der Waals surface area contributed by atoms with Crippen LogP contribution in [0.25, 0.3) is 0 Å². The molecular formula is C15H18N2OSi. The van der Waals surface area contributed by atoms with Gasteiger partial charge < -0.3 is 5.32 Å². The summed E-state index contributed by atoms with van der Waals surface area (Å²) in [4.78, 5) is 11.2. The predicted molar refractivity (Wildman–Crippen MR) is 80.4 cm³/mol. The molecule has 0 heterocycles. The third-order valence-corrected chi connectivity index (χ3v) is 3.24. The van der Waals surface area contributed by atoms with Gasteiger partial charge in [-0.25, -0.2) is 0 Å². The summed E-state index contributed by atoms with van der Waals surface area (Å²) in [6, 6.07) is 5.69. The monoisotopic (exact) mass is 270 g/mol. The number of carbonyl (C=O) groups excluding carboxylic acids is 1. The Morgan fingerprint density at radius 1 is 1.26 bits per heavy atom. The van der Waals surface area contributed by atoms with Crippen molar-refractivity contribution in [1.82, 2.24) is 0 Å². The molecule has 4 heteroatoms. The van der Waals surface area contributed by atoms with E-state index in [1.54, 1.807) is 12.1 Å². The summed E-state index contributed by atoms with van der Waals surface area (Å²) in [6.45, 7) is 9.76. The minimum Gasteiger partial charge on any atom is -0.325 e. The van der Waals surface area contributed by atoms with Crippen molar-refractivity contribution in [1.29, 1.82) is 5.26 Å². The Bertz CT molecular complexity index is 610. The van der Waals surface area contributed by atoms with Gasteiger partial charge in [-0.15, -0.1) is 5.54 Å². The molecule has 0 fully saturated rings. The zero-order chi connectivity index (χ0) is 14.6. The van der Waals surface area contributed by atoms with Crippen LogP contribution >= 0.6 is 0 Å². The van der Waals surface area contributed by atoms with Crippen LogP contribution in [0, 0.1) is 29.7 Å². The standard InChI is InChI=1S/C15H18N2OSi/c1-11-8-15(17-12(2)18)13(9-14(11)10-16)6-7-19(3,4)5/h8-9H,1-5H3,(H,17,18). The van der Waals surface area contributed by atoms with Crippen LogP contribution in [0.5, 0.6) is 0 Å². The largest absolute Gasteiger partial charge is 0.325 e. The van der Waals surface area contributed by atoms with Gasteiger partial charge in [0.2, 0.25) is 5.91 Å². The molecule has 0 radical (unpaired) electrons. The molecule has 0 aliphatic rings. The molecule has 0 unspecified atom stereocenters. The molecule has 19 heavy (non-hydrogen) atoms. The number of nitrogens with zero attached hydrogens (tertiary/aromatic N) is 1. The Balaban J connectivity index is 3.36. The molecule has 1 rings (SSSR count). The van der Waals surface area contributed by atoms with Gasteiger partial charge in [-0.1, -0.05) is 25.6 Å². The summed E-state index contributed by atoms with van der Waals surface area (Å²) in [5, 5.41) is 11.8. The summed E-state index contributed by atoms with van der Waals surface area (Å²) in [5.74, 6) is 2.97. The summed E-state index contributed by atoms with van der Waals surface area (Å²) in [7, 11) is -1.50. The number of nitrogens with one attached hydrogen (secondary N) is 1. The molecule has 0 spiro atoms. The van der Waals surface area contributed by atoms with Gasteiger partial charge in [-0.3, -0.25) is 4.79 Å². The van der Waals surface area contributed by atoms with Gasteiger partial charge in [0, 0.05) is 12.5 Å². The molecule has 0 atom stereocenters. The maximum absolute atomic E-state index is 11.2. The quantitative estimate of drug-likeness (QED) is 0.630. The number of rotatable bonds is 1. The van der Waals surface area contributed by atoms with Gasteiger partial charge in [0.15, 0.2) is 0 Å². The summed E-state index contributed by atoms with van der Waals surface area (Å²) >= 11 is 0. The van der Waals surface area contributed by atoms with E-state index >= 15 is 0 Å². The lowest BCUT2D eigenvalue weighted by atomic mass is 10.0. The van der Waals surface area contributed by atoms with Crippen molar-refractivity contribution in [2.24, 2.45) is 0 Å². The Hall–Kier alpha value is -2.04. The van der Waals surface area contributed by atoms with E-state index < -0.39 is 8.07 Å². The first-order chi connectivity index (χ1) is 8.73. The molecule has 0 aromatic heterocycles. The normalized spacial score (nSPS) is 10.1. The van der Waals surface area contributed by atoms with E-state index in [1.165, 1.54) is 6.92 Å². The lowest BCUT2D eigenvalue weighted by molar-refractivity contribution is -0.114. The van der Waals surface area contributed by atoms with Crippen LogP contribution in [0.1, 0.15) is 23.6 Å². The number of carbonyl (C=O) groups is 1. The highest BCUT2D eigenvalue weighted by atomic mass is 28.3. The predicted octanol–water partition coefficient (Wildman–Crippen LogP) is 3.05. The second-order valence-electron chi connectivity index (χ2n) is 5.51. The Kier molecular flexibility index (Phi) is 4.53. The van der Waals surface area contributed by atoms with Crippen LogP contribution in [0.2, 0.25) is 19.6 Å². The highest BCUT2D eigenvalue weighted by Gasteiger charge is 2.10. The molecule has 1 amide bonds. The lowest BCUT2D eigenvalue weighted by Crippen LogP contribution is -2.16. The Morgan fingerprint density at radius 3 is 2.37 bits per heavy atom. The molecule has 1 N–H and O–H groups in total. The average molecular weight is 270 g/mol. The molecular weight excluding hydrogens is 252 g/mol. The first-order valence-corrected chi connectivity index (χ1v) is 9.58. The number of aryl methyl sites for hydroxylation is 1. The van der Waals surface area contributed by atoms with Crippen molar-refractivity contribution in [3.05, 3.63) is 28.8 Å². The van der Waals surface area contributed by atoms with Crippen molar-refractivity contribution in [3.63, 3.8) is 0 Å². The number of hydrogen-bond donors (Lipinski definition) is 1. The topological polar surface area (TPSA) is 52.9 Å². The molecule has 1 aromatic rings. The SMILES string of the molecule is CC(=O)Nc1cc(C)c(C#N)cc1C#C[Si](C)(C)C. The van der Waals surface area contributed by atoms with E-state index in [1.807, 2.05) is 6.92 Å². The van der Waals surface area contributed by atoms with Crippen LogP contribution < -0.4 is 5.32 Å². The minimum absolute atomic E-state index is 0.139. The van der Waals surface area contributed by atoms with Gasteiger partial charge in [-0.05, 0) is 24.6 Å². The van der Waals surface area contributed by atoms with Crippen LogP contribution in [0.15, 0.2) is 12.1 Å². The molecule has 0 saturated heterocycles. The summed E-state index contributed by atoms with van der Waals surface area (Å²) in [5.41, 5.74) is 6.06.